The Morgan fingerprint density at radius 2 is 1.11 bits per heavy atom. The minimum absolute atomic E-state index is 0.109. The third-order valence-corrected chi connectivity index (χ3v) is 13.8. The Bertz CT molecular complexity index is 3060. The first kappa shape index (κ1) is 37.1. The second kappa shape index (κ2) is 14.4. The highest BCUT2D eigenvalue weighted by atomic mass is 15.1. The molecule has 4 aliphatic rings. The predicted molar refractivity (Wildman–Crippen MR) is 259 cm³/mol. The molecular formula is C60H49N. The van der Waals surface area contributed by atoms with Gasteiger partial charge in [-0.3, -0.25) is 0 Å². The van der Waals surface area contributed by atoms with E-state index in [2.05, 4.69) is 233 Å². The van der Waals surface area contributed by atoms with Crippen LogP contribution in [-0.4, -0.2) is 0 Å². The summed E-state index contributed by atoms with van der Waals surface area (Å²) in [6, 6.07) is 61.5. The van der Waals surface area contributed by atoms with E-state index in [0.717, 1.165) is 29.9 Å². The van der Waals surface area contributed by atoms with Crippen LogP contribution in [0.15, 0.2) is 211 Å². The zero-order valence-electron chi connectivity index (χ0n) is 35.4. The van der Waals surface area contributed by atoms with Crippen molar-refractivity contribution in [3.05, 3.63) is 245 Å². The zero-order chi connectivity index (χ0) is 41.3. The van der Waals surface area contributed by atoms with Crippen LogP contribution in [0.3, 0.4) is 0 Å². The summed E-state index contributed by atoms with van der Waals surface area (Å²) in [6.07, 6.45) is 15.9. The third-order valence-electron chi connectivity index (χ3n) is 13.8. The van der Waals surface area contributed by atoms with Crippen LogP contribution in [0.25, 0.3) is 44.5 Å². The SMILES string of the molecule is C/C=C\C1=C(CC)c2ccc(N(c3ccc(-c4ccccc4)cc3)c3cccc(-c4ccc5c(c4)C4(C6=C(C=CCC=C6)c6ccccc64)c4ccccc4-5)c3)cc2C1(C)C. The molecule has 7 aromatic rings. The Kier molecular flexibility index (Phi) is 8.72. The van der Waals surface area contributed by atoms with E-state index in [9.17, 15) is 0 Å². The lowest BCUT2D eigenvalue weighted by molar-refractivity contribution is 0.653. The fourth-order valence-corrected chi connectivity index (χ4v) is 11.1. The van der Waals surface area contributed by atoms with Crippen molar-refractivity contribution in [1.29, 1.82) is 0 Å². The van der Waals surface area contributed by atoms with E-state index in [1.807, 2.05) is 0 Å². The molecule has 1 nitrogen and oxygen atoms in total. The monoisotopic (exact) mass is 783 g/mol. The van der Waals surface area contributed by atoms with Gasteiger partial charge < -0.3 is 4.90 Å². The van der Waals surface area contributed by atoms with E-state index in [0.29, 0.717) is 0 Å². The van der Waals surface area contributed by atoms with E-state index in [1.165, 1.54) is 89.1 Å². The molecule has 0 N–H and O–H groups in total. The van der Waals surface area contributed by atoms with Crippen molar-refractivity contribution in [3.63, 3.8) is 0 Å². The van der Waals surface area contributed by atoms with Gasteiger partial charge in [-0.2, -0.15) is 0 Å². The zero-order valence-corrected chi connectivity index (χ0v) is 35.4. The molecule has 0 fully saturated rings. The van der Waals surface area contributed by atoms with E-state index >= 15 is 0 Å². The van der Waals surface area contributed by atoms with Gasteiger partial charge in [0.1, 0.15) is 0 Å². The molecule has 0 radical (unpaired) electrons. The number of fused-ring (bicyclic) bond motifs is 10. The average molecular weight is 784 g/mol. The largest absolute Gasteiger partial charge is 0.310 e. The lowest BCUT2D eigenvalue weighted by Gasteiger charge is -2.32. The van der Waals surface area contributed by atoms with Crippen LogP contribution in [0.5, 0.6) is 0 Å². The van der Waals surface area contributed by atoms with Crippen molar-refractivity contribution in [3.8, 4) is 33.4 Å². The summed E-state index contributed by atoms with van der Waals surface area (Å²) in [7, 11) is 0. The summed E-state index contributed by atoms with van der Waals surface area (Å²) in [5, 5.41) is 0. The van der Waals surface area contributed by atoms with Gasteiger partial charge in [0.25, 0.3) is 0 Å². The molecule has 1 unspecified atom stereocenters. The molecule has 294 valence electrons. The van der Waals surface area contributed by atoms with Crippen molar-refractivity contribution >= 4 is 28.2 Å². The maximum atomic E-state index is 2.50. The fraction of sp³-hybridized carbons (Fsp3) is 0.133. The van der Waals surface area contributed by atoms with Gasteiger partial charge in [-0.05, 0) is 151 Å². The van der Waals surface area contributed by atoms with E-state index in [-0.39, 0.29) is 5.41 Å². The highest BCUT2D eigenvalue weighted by Gasteiger charge is 2.52. The van der Waals surface area contributed by atoms with Crippen molar-refractivity contribution in [2.24, 2.45) is 0 Å². The minimum Gasteiger partial charge on any atom is -0.310 e. The number of anilines is 3. The molecule has 1 atom stereocenters. The molecule has 1 spiro atoms. The first-order valence-corrected chi connectivity index (χ1v) is 21.9. The quantitative estimate of drug-likeness (QED) is 0.156. The second-order valence-corrected chi connectivity index (χ2v) is 17.4. The molecule has 11 rings (SSSR count). The lowest BCUT2D eigenvalue weighted by atomic mass is 9.69. The molecule has 1 heteroatoms. The average Bonchev–Trinajstić information content (AvgIpc) is 3.72. The smallest absolute Gasteiger partial charge is 0.0725 e. The van der Waals surface area contributed by atoms with Crippen LogP contribution in [0, 0.1) is 0 Å². The maximum absolute atomic E-state index is 2.50. The van der Waals surface area contributed by atoms with Gasteiger partial charge in [-0.1, -0.05) is 179 Å². The van der Waals surface area contributed by atoms with Crippen molar-refractivity contribution in [2.45, 2.75) is 51.4 Å². The summed E-state index contributed by atoms with van der Waals surface area (Å²) in [4.78, 5) is 2.45. The van der Waals surface area contributed by atoms with Gasteiger partial charge in [0.15, 0.2) is 0 Å². The first-order chi connectivity index (χ1) is 29.9. The molecule has 7 aromatic carbocycles. The number of hydrogen-bond donors (Lipinski definition) is 0. The van der Waals surface area contributed by atoms with Gasteiger partial charge in [-0.15, -0.1) is 0 Å². The molecule has 61 heavy (non-hydrogen) atoms. The molecule has 0 heterocycles. The van der Waals surface area contributed by atoms with E-state index in [1.54, 1.807) is 0 Å². The van der Waals surface area contributed by atoms with Crippen molar-refractivity contribution in [2.75, 3.05) is 4.90 Å². The van der Waals surface area contributed by atoms with Crippen LogP contribution in [0.4, 0.5) is 17.1 Å². The van der Waals surface area contributed by atoms with Crippen molar-refractivity contribution < 1.29 is 0 Å². The number of rotatable bonds is 7. The van der Waals surface area contributed by atoms with E-state index in [4.69, 9.17) is 0 Å². The van der Waals surface area contributed by atoms with Gasteiger partial charge in [-0.25, -0.2) is 0 Å². The molecule has 0 aliphatic heterocycles. The Labute approximate surface area is 361 Å². The highest BCUT2D eigenvalue weighted by molar-refractivity contribution is 5.99. The Balaban J connectivity index is 1.07. The Morgan fingerprint density at radius 3 is 1.90 bits per heavy atom. The molecule has 4 aliphatic carbocycles. The van der Waals surface area contributed by atoms with Gasteiger partial charge >= 0.3 is 0 Å². The fourth-order valence-electron chi connectivity index (χ4n) is 11.1. The van der Waals surface area contributed by atoms with Crippen LogP contribution in [0.2, 0.25) is 0 Å². The number of hydrogen-bond acceptors (Lipinski definition) is 1. The molecule has 0 aromatic heterocycles. The van der Waals surface area contributed by atoms with Crippen LogP contribution < -0.4 is 4.90 Å². The number of benzene rings is 7. The minimum atomic E-state index is -0.391. The molecule has 0 bridgehead atoms. The summed E-state index contributed by atoms with van der Waals surface area (Å²) >= 11 is 0. The molecule has 0 amide bonds. The number of allylic oxidation sites excluding steroid dienone is 10. The maximum Gasteiger partial charge on any atom is 0.0725 e. The molecular weight excluding hydrogens is 735 g/mol. The second-order valence-electron chi connectivity index (χ2n) is 17.4. The van der Waals surface area contributed by atoms with Gasteiger partial charge in [0, 0.05) is 22.5 Å². The topological polar surface area (TPSA) is 3.24 Å². The van der Waals surface area contributed by atoms with Gasteiger partial charge in [0.2, 0.25) is 0 Å². The Hall–Kier alpha value is -6.96. The summed E-state index contributed by atoms with van der Waals surface area (Å²) in [6.45, 7) is 9.18. The van der Waals surface area contributed by atoms with Crippen LogP contribution >= 0.6 is 0 Å². The van der Waals surface area contributed by atoms with Gasteiger partial charge in [0.05, 0.1) is 5.41 Å². The summed E-state index contributed by atoms with van der Waals surface area (Å²) in [5.41, 5.74) is 24.2. The summed E-state index contributed by atoms with van der Waals surface area (Å²) in [5.74, 6) is 0. The molecule has 0 saturated heterocycles. The Morgan fingerprint density at radius 1 is 0.508 bits per heavy atom. The van der Waals surface area contributed by atoms with E-state index < -0.39 is 5.41 Å². The van der Waals surface area contributed by atoms with Crippen LogP contribution in [0.1, 0.15) is 73.9 Å². The normalized spacial score (nSPS) is 17.7. The standard InChI is InChI=1S/C60H49N/c1-5-18-53-47(6-2)51-36-34-46(39-57(51)59(53,3)4)61(44-32-29-41(30-33-44)40-19-9-7-10-20-40)45-22-17-21-42(37-45)43-31-35-52-50-25-14-16-28-56(50)60(58(52)38-43)54-26-12-8-11-23-48(54)49-24-13-15-27-55(49)60/h5,7,9-39H,6,8H2,1-4H3/b18-5-. The molecule has 0 saturated carbocycles. The third kappa shape index (κ3) is 5.53. The van der Waals surface area contributed by atoms with Crippen LogP contribution in [-0.2, 0) is 10.8 Å². The summed E-state index contributed by atoms with van der Waals surface area (Å²) < 4.78 is 0. The van der Waals surface area contributed by atoms with Crippen molar-refractivity contribution in [1.82, 2.24) is 0 Å². The number of nitrogens with zero attached hydrogens (tertiary/aromatic N) is 1. The highest BCUT2D eigenvalue weighted by Crippen LogP contribution is 2.63. The predicted octanol–water partition coefficient (Wildman–Crippen LogP) is 16.1. The lowest BCUT2D eigenvalue weighted by Crippen LogP contribution is -2.26. The first-order valence-electron chi connectivity index (χ1n) is 21.9.